The number of para-hydroxylation sites is 3. The van der Waals surface area contributed by atoms with E-state index in [1.807, 2.05) is 18.2 Å². The Morgan fingerprint density at radius 2 is 1.14 bits per heavy atom. The lowest BCUT2D eigenvalue weighted by atomic mass is 9.91. The third kappa shape index (κ3) is 6.49. The minimum Gasteiger partial charge on any atom is -0.310 e. The van der Waals surface area contributed by atoms with Crippen LogP contribution in [-0.2, 0) is 0 Å². The molecule has 1 aliphatic rings. The van der Waals surface area contributed by atoms with E-state index in [9.17, 15) is 0 Å². The van der Waals surface area contributed by atoms with Crippen LogP contribution in [0.5, 0.6) is 0 Å². The zero-order valence-corrected chi connectivity index (χ0v) is 32.6. The number of hydrogen-bond donors (Lipinski definition) is 0. The summed E-state index contributed by atoms with van der Waals surface area (Å²) < 4.78 is 2.45. The minimum atomic E-state index is 0.410. The molecule has 0 bridgehead atoms. The Morgan fingerprint density at radius 1 is 0.534 bits per heavy atom. The smallest absolute Gasteiger partial charge is 0.160 e. The van der Waals surface area contributed by atoms with Gasteiger partial charge in [0.1, 0.15) is 0 Å². The first-order valence-corrected chi connectivity index (χ1v) is 20.1. The maximum Gasteiger partial charge on any atom is 0.160 e. The lowest BCUT2D eigenvalue weighted by molar-refractivity contribution is 0.773. The molecule has 0 fully saturated rings. The van der Waals surface area contributed by atoms with Gasteiger partial charge in [-0.15, -0.1) is 0 Å². The van der Waals surface area contributed by atoms with E-state index in [2.05, 4.69) is 205 Å². The highest BCUT2D eigenvalue weighted by Gasteiger charge is 2.25. The zero-order valence-electron chi connectivity index (χ0n) is 32.6. The summed E-state index contributed by atoms with van der Waals surface area (Å²) in [5.74, 6) is 1.10. The van der Waals surface area contributed by atoms with Crippen molar-refractivity contribution >= 4 is 34.0 Å². The van der Waals surface area contributed by atoms with Gasteiger partial charge in [0, 0.05) is 50.5 Å². The van der Waals surface area contributed by atoms with Crippen molar-refractivity contribution in [3.63, 3.8) is 0 Å². The summed E-state index contributed by atoms with van der Waals surface area (Å²) in [6.45, 7) is 4.53. The standard InChI is InChI=1S/C54H42N4/c1-37-17-12-14-26-50(37)57(44-23-10-5-11-24-44)45-33-43(34-46(35-45)58-51-27-15-13-25-47(51)53-38(2)18-16-28-52(53)58)49-36-48(55-54(56-49)42-21-8-4-9-22-42)41-31-29-40(30-32-41)39-19-6-3-7-20-39/h3-17,19-36,38H,18H2,1-2H3. The van der Waals surface area contributed by atoms with Gasteiger partial charge in [-0.25, -0.2) is 9.97 Å². The van der Waals surface area contributed by atoms with Crippen molar-refractivity contribution in [2.24, 2.45) is 0 Å². The van der Waals surface area contributed by atoms with Gasteiger partial charge >= 0.3 is 0 Å². The number of aryl methyl sites for hydroxylation is 1. The van der Waals surface area contributed by atoms with Crippen molar-refractivity contribution in [2.75, 3.05) is 4.90 Å². The lowest BCUT2D eigenvalue weighted by Crippen LogP contribution is -2.12. The first-order chi connectivity index (χ1) is 28.6. The first-order valence-electron chi connectivity index (χ1n) is 20.1. The Bertz CT molecular complexity index is 2930. The number of anilines is 3. The van der Waals surface area contributed by atoms with Crippen LogP contribution in [0.25, 0.3) is 67.7 Å². The molecule has 0 spiro atoms. The predicted octanol–water partition coefficient (Wildman–Crippen LogP) is 14.4. The van der Waals surface area contributed by atoms with Gasteiger partial charge in [-0.2, -0.15) is 0 Å². The molecule has 0 N–H and O–H groups in total. The fourth-order valence-electron chi connectivity index (χ4n) is 8.49. The molecular formula is C54H42N4. The number of fused-ring (bicyclic) bond motifs is 3. The fourth-order valence-corrected chi connectivity index (χ4v) is 8.49. The van der Waals surface area contributed by atoms with Crippen molar-refractivity contribution in [2.45, 2.75) is 26.2 Å². The van der Waals surface area contributed by atoms with Crippen LogP contribution in [0.2, 0.25) is 0 Å². The molecule has 7 aromatic carbocycles. The molecule has 2 heterocycles. The van der Waals surface area contributed by atoms with E-state index < -0.39 is 0 Å². The topological polar surface area (TPSA) is 34.0 Å². The van der Waals surface area contributed by atoms with Gasteiger partial charge in [-0.05, 0) is 96.1 Å². The number of nitrogens with zero attached hydrogens (tertiary/aromatic N) is 4. The molecule has 4 heteroatoms. The molecule has 58 heavy (non-hydrogen) atoms. The molecular weight excluding hydrogens is 705 g/mol. The Hall–Kier alpha value is -7.30. The highest BCUT2D eigenvalue weighted by Crippen LogP contribution is 2.44. The van der Waals surface area contributed by atoms with Crippen LogP contribution in [0.3, 0.4) is 0 Å². The van der Waals surface area contributed by atoms with E-state index in [0.29, 0.717) is 11.7 Å². The van der Waals surface area contributed by atoms with Crippen molar-refractivity contribution in [3.8, 4) is 50.7 Å². The van der Waals surface area contributed by atoms with Crippen LogP contribution < -0.4 is 4.90 Å². The lowest BCUT2D eigenvalue weighted by Gasteiger charge is -2.28. The molecule has 0 amide bonds. The van der Waals surface area contributed by atoms with E-state index >= 15 is 0 Å². The van der Waals surface area contributed by atoms with Crippen LogP contribution in [0.1, 0.15) is 36.1 Å². The second kappa shape index (κ2) is 15.0. The summed E-state index contributed by atoms with van der Waals surface area (Å²) >= 11 is 0. The molecule has 0 saturated carbocycles. The Morgan fingerprint density at radius 3 is 1.88 bits per heavy atom. The quantitative estimate of drug-likeness (QED) is 0.155. The van der Waals surface area contributed by atoms with Crippen LogP contribution in [0.15, 0.2) is 194 Å². The predicted molar refractivity (Wildman–Crippen MR) is 242 cm³/mol. The normalized spacial score (nSPS) is 13.4. The Kier molecular flexibility index (Phi) is 9.08. The molecule has 0 aliphatic heterocycles. The van der Waals surface area contributed by atoms with Gasteiger partial charge in [-0.3, -0.25) is 0 Å². The third-order valence-electron chi connectivity index (χ3n) is 11.3. The highest BCUT2D eigenvalue weighted by atomic mass is 15.1. The van der Waals surface area contributed by atoms with E-state index in [0.717, 1.165) is 57.2 Å². The van der Waals surface area contributed by atoms with E-state index in [1.54, 1.807) is 0 Å². The summed E-state index contributed by atoms with van der Waals surface area (Å²) in [7, 11) is 0. The molecule has 278 valence electrons. The Labute approximate surface area is 340 Å². The number of allylic oxidation sites excluding steroid dienone is 1. The monoisotopic (exact) mass is 746 g/mol. The van der Waals surface area contributed by atoms with Crippen LogP contribution in [-0.4, -0.2) is 14.5 Å². The molecule has 0 radical (unpaired) electrons. The van der Waals surface area contributed by atoms with Gasteiger partial charge in [0.25, 0.3) is 0 Å². The van der Waals surface area contributed by atoms with Crippen molar-refractivity contribution in [3.05, 3.63) is 211 Å². The highest BCUT2D eigenvalue weighted by molar-refractivity contribution is 5.92. The largest absolute Gasteiger partial charge is 0.310 e. The molecule has 0 saturated heterocycles. The molecule has 1 atom stereocenters. The van der Waals surface area contributed by atoms with Crippen LogP contribution in [0.4, 0.5) is 17.1 Å². The van der Waals surface area contributed by atoms with E-state index in [-0.39, 0.29) is 0 Å². The first kappa shape index (κ1) is 35.1. The molecule has 10 rings (SSSR count). The number of benzene rings is 7. The van der Waals surface area contributed by atoms with E-state index in [1.165, 1.54) is 38.9 Å². The van der Waals surface area contributed by atoms with Crippen molar-refractivity contribution in [1.29, 1.82) is 0 Å². The molecule has 4 nitrogen and oxygen atoms in total. The van der Waals surface area contributed by atoms with Gasteiger partial charge < -0.3 is 9.47 Å². The third-order valence-corrected chi connectivity index (χ3v) is 11.3. The molecule has 1 unspecified atom stereocenters. The maximum atomic E-state index is 5.36. The van der Waals surface area contributed by atoms with E-state index in [4.69, 9.17) is 9.97 Å². The number of rotatable bonds is 8. The number of aromatic nitrogens is 3. The molecule has 9 aromatic rings. The Balaban J connectivity index is 1.23. The van der Waals surface area contributed by atoms with Crippen molar-refractivity contribution < 1.29 is 0 Å². The number of hydrogen-bond acceptors (Lipinski definition) is 3. The minimum absolute atomic E-state index is 0.410. The summed E-state index contributed by atoms with van der Waals surface area (Å²) in [6, 6.07) is 66.8. The van der Waals surface area contributed by atoms with Gasteiger partial charge in [0.05, 0.1) is 16.9 Å². The van der Waals surface area contributed by atoms with Crippen LogP contribution in [0, 0.1) is 6.92 Å². The second-order valence-corrected chi connectivity index (χ2v) is 15.2. The second-order valence-electron chi connectivity index (χ2n) is 15.2. The SMILES string of the molecule is Cc1ccccc1N(c1ccccc1)c1cc(-c2cc(-c3ccc(-c4ccccc4)cc3)nc(-c3ccccc3)n2)cc(-n2c3c(c4ccccc42)C(C)CC=C3)c1. The van der Waals surface area contributed by atoms with Gasteiger partial charge in [0.15, 0.2) is 5.82 Å². The van der Waals surface area contributed by atoms with Crippen molar-refractivity contribution in [1.82, 2.24) is 14.5 Å². The summed E-state index contributed by atoms with van der Waals surface area (Å²) in [6.07, 6.45) is 5.66. The molecule has 2 aromatic heterocycles. The summed E-state index contributed by atoms with van der Waals surface area (Å²) in [5.41, 5.74) is 16.4. The summed E-state index contributed by atoms with van der Waals surface area (Å²) in [4.78, 5) is 12.9. The zero-order chi connectivity index (χ0) is 39.0. The molecule has 1 aliphatic carbocycles. The van der Waals surface area contributed by atoms with Crippen LogP contribution >= 0.6 is 0 Å². The fraction of sp³-hybridized carbons (Fsp3) is 0.0741. The van der Waals surface area contributed by atoms with Gasteiger partial charge in [-0.1, -0.05) is 153 Å². The average molecular weight is 747 g/mol. The van der Waals surface area contributed by atoms with Gasteiger partial charge in [0.2, 0.25) is 0 Å². The average Bonchev–Trinajstić information content (AvgIpc) is 3.63. The maximum absolute atomic E-state index is 5.36. The summed E-state index contributed by atoms with van der Waals surface area (Å²) in [5, 5.41) is 1.30.